The molecule has 1 aromatic heterocycles. The molecule has 138 valence electrons. The van der Waals surface area contributed by atoms with Crippen LogP contribution in [0.1, 0.15) is 11.1 Å². The fraction of sp³-hybridized carbons (Fsp3) is 0.111. The van der Waals surface area contributed by atoms with E-state index in [9.17, 15) is 10.1 Å². The number of anilines is 4. The number of benzene rings is 2. The van der Waals surface area contributed by atoms with E-state index in [1.165, 1.54) is 12.4 Å². The molecule has 0 atom stereocenters. The molecular formula is C18H15Cl2N5O2. The highest BCUT2D eigenvalue weighted by Gasteiger charge is 2.24. The minimum atomic E-state index is -0.542. The third-order valence-corrected chi connectivity index (χ3v) is 4.59. The lowest BCUT2D eigenvalue weighted by atomic mass is 10.1. The largest absolute Gasteiger partial charge is 0.353 e. The average Bonchev–Trinajstić information content (AvgIpc) is 2.61. The van der Waals surface area contributed by atoms with Crippen LogP contribution in [0.25, 0.3) is 0 Å². The van der Waals surface area contributed by atoms with Crippen molar-refractivity contribution in [1.29, 1.82) is 0 Å². The Labute approximate surface area is 165 Å². The molecule has 0 saturated heterocycles. The quantitative estimate of drug-likeness (QED) is 0.413. The Bertz CT molecular complexity index is 1030. The van der Waals surface area contributed by atoms with Crippen molar-refractivity contribution >= 4 is 51.9 Å². The van der Waals surface area contributed by atoms with E-state index in [4.69, 9.17) is 23.2 Å². The van der Waals surface area contributed by atoms with Gasteiger partial charge < -0.3 is 10.6 Å². The number of rotatable bonds is 5. The molecule has 0 aliphatic heterocycles. The van der Waals surface area contributed by atoms with Crippen LogP contribution in [0.3, 0.4) is 0 Å². The second kappa shape index (κ2) is 7.77. The van der Waals surface area contributed by atoms with Gasteiger partial charge in [0.25, 0.3) is 0 Å². The second-order valence-electron chi connectivity index (χ2n) is 5.80. The molecule has 2 aromatic carbocycles. The van der Waals surface area contributed by atoms with Crippen molar-refractivity contribution < 1.29 is 4.92 Å². The Kier molecular flexibility index (Phi) is 5.43. The molecule has 0 bridgehead atoms. The molecule has 3 aromatic rings. The van der Waals surface area contributed by atoms with Crippen molar-refractivity contribution in [3.63, 3.8) is 0 Å². The second-order valence-corrected chi connectivity index (χ2v) is 6.64. The third kappa shape index (κ3) is 4.10. The summed E-state index contributed by atoms with van der Waals surface area (Å²) >= 11 is 12.0. The third-order valence-electron chi connectivity index (χ3n) is 4.05. The van der Waals surface area contributed by atoms with Crippen LogP contribution in [0.2, 0.25) is 10.0 Å². The SMILES string of the molecule is Cc1cccc(Nc2ncnc(Nc3ccc(Cl)cc3Cl)c2[N+](=O)[O-])c1C. The molecule has 2 N–H and O–H groups in total. The first-order valence-corrected chi connectivity index (χ1v) is 8.67. The monoisotopic (exact) mass is 403 g/mol. The highest BCUT2D eigenvalue weighted by atomic mass is 35.5. The van der Waals surface area contributed by atoms with Gasteiger partial charge in [-0.1, -0.05) is 35.3 Å². The van der Waals surface area contributed by atoms with E-state index in [0.29, 0.717) is 15.7 Å². The van der Waals surface area contributed by atoms with Crippen LogP contribution in [0.15, 0.2) is 42.7 Å². The Hall–Kier alpha value is -2.90. The van der Waals surface area contributed by atoms with E-state index in [1.54, 1.807) is 12.1 Å². The van der Waals surface area contributed by atoms with Crippen molar-refractivity contribution in [1.82, 2.24) is 9.97 Å². The number of hydrogen-bond donors (Lipinski definition) is 2. The van der Waals surface area contributed by atoms with Crippen molar-refractivity contribution in [3.8, 4) is 0 Å². The zero-order chi connectivity index (χ0) is 19.6. The predicted molar refractivity (Wildman–Crippen MR) is 108 cm³/mol. The van der Waals surface area contributed by atoms with E-state index in [1.807, 2.05) is 32.0 Å². The normalized spacial score (nSPS) is 10.5. The summed E-state index contributed by atoms with van der Waals surface area (Å²) in [6.45, 7) is 3.89. The Balaban J connectivity index is 2.02. The van der Waals surface area contributed by atoms with Gasteiger partial charge in [0.05, 0.1) is 15.6 Å². The highest BCUT2D eigenvalue weighted by Crippen LogP contribution is 2.36. The van der Waals surface area contributed by atoms with E-state index in [2.05, 4.69) is 20.6 Å². The Morgan fingerprint density at radius 3 is 2.30 bits per heavy atom. The number of nitrogens with one attached hydrogen (secondary N) is 2. The van der Waals surface area contributed by atoms with Crippen LogP contribution < -0.4 is 10.6 Å². The molecule has 7 nitrogen and oxygen atoms in total. The maximum absolute atomic E-state index is 11.7. The molecule has 3 rings (SSSR count). The summed E-state index contributed by atoms with van der Waals surface area (Å²) < 4.78 is 0. The first kappa shape index (κ1) is 18.9. The molecule has 27 heavy (non-hydrogen) atoms. The molecule has 0 radical (unpaired) electrons. The summed E-state index contributed by atoms with van der Waals surface area (Å²) in [5.41, 5.74) is 2.92. The fourth-order valence-corrected chi connectivity index (χ4v) is 2.92. The van der Waals surface area contributed by atoms with Crippen molar-refractivity contribution in [2.24, 2.45) is 0 Å². The summed E-state index contributed by atoms with van der Waals surface area (Å²) in [6.07, 6.45) is 1.24. The van der Waals surface area contributed by atoms with Gasteiger partial charge in [-0.2, -0.15) is 0 Å². The lowest BCUT2D eigenvalue weighted by Gasteiger charge is -2.13. The molecule has 0 aliphatic carbocycles. The molecule has 0 aliphatic rings. The number of nitrogens with zero attached hydrogens (tertiary/aromatic N) is 3. The number of halogens is 2. The lowest BCUT2D eigenvalue weighted by molar-refractivity contribution is -0.383. The molecule has 9 heteroatoms. The standard InChI is InChI=1S/C18H15Cl2N5O2/c1-10-4-3-5-14(11(10)2)23-17-16(25(26)27)18(22-9-21-17)24-15-7-6-12(19)8-13(15)20/h3-9H,1-2H3,(H2,21,22,23,24). The van der Waals surface area contributed by atoms with Crippen LogP contribution >= 0.6 is 23.2 Å². The topological polar surface area (TPSA) is 93.0 Å². The first-order valence-electron chi connectivity index (χ1n) is 7.91. The molecular weight excluding hydrogens is 389 g/mol. The summed E-state index contributed by atoms with van der Waals surface area (Å²) in [5, 5.41) is 18.4. The molecule has 0 amide bonds. The maximum Gasteiger partial charge on any atom is 0.353 e. The van der Waals surface area contributed by atoms with E-state index in [-0.39, 0.29) is 17.3 Å². The number of aryl methyl sites for hydroxylation is 1. The van der Waals surface area contributed by atoms with Gasteiger partial charge in [-0.05, 0) is 49.2 Å². The van der Waals surface area contributed by atoms with E-state index < -0.39 is 4.92 Å². The van der Waals surface area contributed by atoms with Gasteiger partial charge in [0.2, 0.25) is 11.6 Å². The van der Waals surface area contributed by atoms with Crippen molar-refractivity contribution in [2.45, 2.75) is 13.8 Å². The summed E-state index contributed by atoms with van der Waals surface area (Å²) in [7, 11) is 0. The average molecular weight is 404 g/mol. The summed E-state index contributed by atoms with van der Waals surface area (Å²) in [5.74, 6) is 0.100. The van der Waals surface area contributed by atoms with Crippen LogP contribution in [-0.2, 0) is 0 Å². The molecule has 0 unspecified atom stereocenters. The maximum atomic E-state index is 11.7. The summed E-state index contributed by atoms with van der Waals surface area (Å²) in [6, 6.07) is 10.4. The van der Waals surface area contributed by atoms with Gasteiger partial charge in [0.15, 0.2) is 0 Å². The Morgan fingerprint density at radius 2 is 1.67 bits per heavy atom. The van der Waals surface area contributed by atoms with E-state index >= 15 is 0 Å². The van der Waals surface area contributed by atoms with E-state index in [0.717, 1.165) is 16.8 Å². The van der Waals surface area contributed by atoms with Gasteiger partial charge in [-0.25, -0.2) is 9.97 Å². The van der Waals surface area contributed by atoms with Crippen LogP contribution in [-0.4, -0.2) is 14.9 Å². The van der Waals surface area contributed by atoms with Crippen molar-refractivity contribution in [2.75, 3.05) is 10.6 Å². The van der Waals surface area contributed by atoms with Gasteiger partial charge in [0.1, 0.15) is 6.33 Å². The van der Waals surface area contributed by atoms with Crippen LogP contribution in [0, 0.1) is 24.0 Å². The number of aromatic nitrogens is 2. The fourth-order valence-electron chi connectivity index (χ4n) is 2.47. The smallest absolute Gasteiger partial charge is 0.334 e. The molecule has 0 saturated carbocycles. The molecule has 1 heterocycles. The minimum Gasteiger partial charge on any atom is -0.334 e. The Morgan fingerprint density at radius 1 is 1.00 bits per heavy atom. The van der Waals surface area contributed by atoms with Gasteiger partial charge in [0, 0.05) is 10.7 Å². The first-order chi connectivity index (χ1) is 12.9. The predicted octanol–water partition coefficient (Wildman–Crippen LogP) is 5.80. The zero-order valence-electron chi connectivity index (χ0n) is 14.5. The molecule has 0 spiro atoms. The highest BCUT2D eigenvalue weighted by molar-refractivity contribution is 6.36. The van der Waals surface area contributed by atoms with Gasteiger partial charge in [-0.15, -0.1) is 0 Å². The van der Waals surface area contributed by atoms with Gasteiger partial charge >= 0.3 is 5.69 Å². The lowest BCUT2D eigenvalue weighted by Crippen LogP contribution is -2.06. The van der Waals surface area contributed by atoms with Crippen molar-refractivity contribution in [3.05, 3.63) is 74.0 Å². The molecule has 0 fully saturated rings. The number of hydrogen-bond acceptors (Lipinski definition) is 6. The van der Waals surface area contributed by atoms with Crippen LogP contribution in [0.5, 0.6) is 0 Å². The zero-order valence-corrected chi connectivity index (χ0v) is 16.0. The van der Waals surface area contributed by atoms with Crippen LogP contribution in [0.4, 0.5) is 28.7 Å². The summed E-state index contributed by atoms with van der Waals surface area (Å²) in [4.78, 5) is 19.2. The minimum absolute atomic E-state index is 0.0204. The number of nitro groups is 1. The van der Waals surface area contributed by atoms with Gasteiger partial charge in [-0.3, -0.25) is 10.1 Å².